The van der Waals surface area contributed by atoms with Gasteiger partial charge in [-0.25, -0.2) is 0 Å². The Morgan fingerprint density at radius 3 is 2.82 bits per heavy atom. The van der Waals surface area contributed by atoms with Crippen molar-refractivity contribution in [1.82, 2.24) is 9.80 Å². The minimum atomic E-state index is -0.773. The highest BCUT2D eigenvalue weighted by atomic mass is 16.5. The Kier molecular flexibility index (Phi) is 5.37. The van der Waals surface area contributed by atoms with E-state index in [1.54, 1.807) is 18.9 Å². The molecular formula is C11H20N2O4. The van der Waals surface area contributed by atoms with Gasteiger partial charge < -0.3 is 14.7 Å². The van der Waals surface area contributed by atoms with Gasteiger partial charge in [-0.1, -0.05) is 0 Å². The van der Waals surface area contributed by atoms with Gasteiger partial charge in [-0.3, -0.25) is 14.5 Å². The van der Waals surface area contributed by atoms with E-state index in [-0.39, 0.29) is 12.3 Å². The second-order valence-corrected chi connectivity index (χ2v) is 4.21. The number of ether oxygens (including phenoxy) is 1. The van der Waals surface area contributed by atoms with E-state index in [0.29, 0.717) is 26.2 Å². The van der Waals surface area contributed by atoms with Gasteiger partial charge in [-0.05, 0) is 6.92 Å². The summed E-state index contributed by atoms with van der Waals surface area (Å²) in [6.07, 6.45) is -0.792. The normalized spacial score (nSPS) is 19.2. The summed E-state index contributed by atoms with van der Waals surface area (Å²) in [7, 11) is 1.76. The van der Waals surface area contributed by atoms with E-state index in [4.69, 9.17) is 4.74 Å². The molecule has 6 nitrogen and oxygen atoms in total. The lowest BCUT2D eigenvalue weighted by Gasteiger charge is -2.32. The molecule has 0 saturated carbocycles. The Morgan fingerprint density at radius 2 is 2.24 bits per heavy atom. The molecule has 1 atom stereocenters. The van der Waals surface area contributed by atoms with E-state index >= 15 is 0 Å². The number of rotatable bonds is 5. The van der Waals surface area contributed by atoms with Crippen molar-refractivity contribution in [1.29, 1.82) is 0 Å². The summed E-state index contributed by atoms with van der Waals surface area (Å²) in [4.78, 5) is 26.1. The summed E-state index contributed by atoms with van der Waals surface area (Å²) in [5, 5.41) is 9.68. The molecule has 17 heavy (non-hydrogen) atoms. The van der Waals surface area contributed by atoms with Crippen molar-refractivity contribution < 1.29 is 19.4 Å². The molecule has 0 spiro atoms. The van der Waals surface area contributed by atoms with Crippen LogP contribution < -0.4 is 0 Å². The zero-order valence-electron chi connectivity index (χ0n) is 10.4. The zero-order chi connectivity index (χ0) is 12.8. The van der Waals surface area contributed by atoms with Crippen molar-refractivity contribution in [2.24, 2.45) is 0 Å². The minimum Gasteiger partial charge on any atom is -0.466 e. The smallest absolute Gasteiger partial charge is 0.308 e. The first-order valence-electron chi connectivity index (χ1n) is 5.83. The van der Waals surface area contributed by atoms with Crippen molar-refractivity contribution in [2.45, 2.75) is 19.4 Å². The van der Waals surface area contributed by atoms with Gasteiger partial charge in [0, 0.05) is 26.7 Å². The molecular weight excluding hydrogens is 224 g/mol. The standard InChI is InChI=1S/C11H20N2O4/c1-3-17-11(16)6-9(14)7-13-5-4-12(2)10(15)8-13/h9,14H,3-8H2,1-2H3. The number of carbonyl (C=O) groups excluding carboxylic acids is 2. The van der Waals surface area contributed by atoms with Crippen LogP contribution in [0.1, 0.15) is 13.3 Å². The van der Waals surface area contributed by atoms with Gasteiger partial charge in [0.25, 0.3) is 0 Å². The van der Waals surface area contributed by atoms with Gasteiger partial charge in [0.1, 0.15) is 0 Å². The second-order valence-electron chi connectivity index (χ2n) is 4.21. The molecule has 1 unspecified atom stereocenters. The first-order valence-corrected chi connectivity index (χ1v) is 5.83. The SMILES string of the molecule is CCOC(=O)CC(O)CN1CCN(C)C(=O)C1. The van der Waals surface area contributed by atoms with Gasteiger partial charge in [0.05, 0.1) is 25.7 Å². The molecule has 0 bridgehead atoms. The number of aliphatic hydroxyl groups is 1. The first-order chi connectivity index (χ1) is 8.02. The number of piperazine rings is 1. The molecule has 6 heteroatoms. The maximum absolute atomic E-state index is 11.4. The second kappa shape index (κ2) is 6.56. The lowest BCUT2D eigenvalue weighted by atomic mass is 10.2. The van der Waals surface area contributed by atoms with Crippen molar-refractivity contribution in [3.63, 3.8) is 0 Å². The topological polar surface area (TPSA) is 70.1 Å². The number of likely N-dealkylation sites (N-methyl/N-ethyl adjacent to an activating group) is 1. The van der Waals surface area contributed by atoms with Crippen LogP contribution in [0.25, 0.3) is 0 Å². The molecule has 1 fully saturated rings. The van der Waals surface area contributed by atoms with E-state index in [0.717, 1.165) is 6.54 Å². The third-order valence-corrected chi connectivity index (χ3v) is 2.71. The number of nitrogens with zero attached hydrogens (tertiary/aromatic N) is 2. The van der Waals surface area contributed by atoms with Crippen molar-refractivity contribution in [2.75, 3.05) is 39.8 Å². The van der Waals surface area contributed by atoms with Crippen LogP contribution in [0.15, 0.2) is 0 Å². The summed E-state index contributed by atoms with van der Waals surface area (Å²) < 4.78 is 4.75. The van der Waals surface area contributed by atoms with Crippen LogP contribution in [0.4, 0.5) is 0 Å². The van der Waals surface area contributed by atoms with Gasteiger partial charge in [0.15, 0.2) is 0 Å². The third-order valence-electron chi connectivity index (χ3n) is 2.71. The predicted octanol–water partition coefficient (Wildman–Crippen LogP) is -0.925. The Balaban J connectivity index is 2.29. The van der Waals surface area contributed by atoms with Gasteiger partial charge >= 0.3 is 5.97 Å². The number of carbonyl (C=O) groups is 2. The average Bonchev–Trinajstić information content (AvgIpc) is 2.23. The van der Waals surface area contributed by atoms with Crippen LogP contribution in [-0.2, 0) is 14.3 Å². The van der Waals surface area contributed by atoms with E-state index in [2.05, 4.69) is 0 Å². The van der Waals surface area contributed by atoms with E-state index in [1.807, 2.05) is 4.90 Å². The predicted molar refractivity (Wildman–Crippen MR) is 61.3 cm³/mol. The Labute approximate surface area is 101 Å². The highest BCUT2D eigenvalue weighted by molar-refractivity contribution is 5.78. The number of aliphatic hydroxyl groups excluding tert-OH is 1. The van der Waals surface area contributed by atoms with Crippen LogP contribution in [0.3, 0.4) is 0 Å². The molecule has 98 valence electrons. The zero-order valence-corrected chi connectivity index (χ0v) is 10.4. The fourth-order valence-corrected chi connectivity index (χ4v) is 1.74. The van der Waals surface area contributed by atoms with Gasteiger partial charge in [0.2, 0.25) is 5.91 Å². The lowest BCUT2D eigenvalue weighted by Crippen LogP contribution is -2.50. The van der Waals surface area contributed by atoms with E-state index in [1.165, 1.54) is 0 Å². The van der Waals surface area contributed by atoms with E-state index in [9.17, 15) is 14.7 Å². The van der Waals surface area contributed by atoms with Crippen LogP contribution in [0.5, 0.6) is 0 Å². The molecule has 0 radical (unpaired) electrons. The van der Waals surface area contributed by atoms with Crippen LogP contribution in [0.2, 0.25) is 0 Å². The van der Waals surface area contributed by atoms with Gasteiger partial charge in [-0.2, -0.15) is 0 Å². The largest absolute Gasteiger partial charge is 0.466 e. The molecule has 1 heterocycles. The summed E-state index contributed by atoms with van der Waals surface area (Å²) in [6.45, 7) is 4.06. The molecule has 1 rings (SSSR count). The van der Waals surface area contributed by atoms with Crippen molar-refractivity contribution >= 4 is 11.9 Å². The molecule has 0 aromatic heterocycles. The number of amides is 1. The Hall–Kier alpha value is -1.14. The lowest BCUT2D eigenvalue weighted by molar-refractivity contribution is -0.145. The summed E-state index contributed by atoms with van der Waals surface area (Å²) >= 11 is 0. The molecule has 0 aromatic carbocycles. The molecule has 0 aliphatic carbocycles. The molecule has 1 aliphatic heterocycles. The van der Waals surface area contributed by atoms with Crippen LogP contribution in [0, 0.1) is 0 Å². The third kappa shape index (κ3) is 4.70. The average molecular weight is 244 g/mol. The highest BCUT2D eigenvalue weighted by Crippen LogP contribution is 2.04. The molecule has 0 aromatic rings. The van der Waals surface area contributed by atoms with Crippen LogP contribution >= 0.6 is 0 Å². The maximum Gasteiger partial charge on any atom is 0.308 e. The fraction of sp³-hybridized carbons (Fsp3) is 0.818. The summed E-state index contributed by atoms with van der Waals surface area (Å²) in [5.41, 5.74) is 0. The van der Waals surface area contributed by atoms with Crippen LogP contribution in [-0.4, -0.2) is 72.7 Å². The Bertz CT molecular complexity index is 283. The first kappa shape index (κ1) is 13.9. The quantitative estimate of drug-likeness (QED) is 0.633. The molecule has 1 saturated heterocycles. The van der Waals surface area contributed by atoms with Gasteiger partial charge in [-0.15, -0.1) is 0 Å². The molecule has 1 N–H and O–H groups in total. The number of esters is 1. The van der Waals surface area contributed by atoms with E-state index < -0.39 is 12.1 Å². The number of hydrogen-bond donors (Lipinski definition) is 1. The molecule has 1 amide bonds. The van der Waals surface area contributed by atoms with Crippen molar-refractivity contribution in [3.05, 3.63) is 0 Å². The summed E-state index contributed by atoms with van der Waals surface area (Å²) in [6, 6.07) is 0. The summed E-state index contributed by atoms with van der Waals surface area (Å²) in [5.74, 6) is -0.361. The molecule has 1 aliphatic rings. The Morgan fingerprint density at radius 1 is 1.53 bits per heavy atom. The highest BCUT2D eigenvalue weighted by Gasteiger charge is 2.23. The minimum absolute atomic E-state index is 0.0195. The number of β-amino-alcohol motifs (C(OH)–C–C–N with tert-alkyl or cyclic N) is 1. The monoisotopic (exact) mass is 244 g/mol. The van der Waals surface area contributed by atoms with Crippen molar-refractivity contribution in [3.8, 4) is 0 Å². The maximum atomic E-state index is 11.4. The number of hydrogen-bond acceptors (Lipinski definition) is 5. The fourth-order valence-electron chi connectivity index (χ4n) is 1.74.